The van der Waals surface area contributed by atoms with E-state index < -0.39 is 5.60 Å². The van der Waals surface area contributed by atoms with Crippen LogP contribution in [0.1, 0.15) is 81.6 Å². The van der Waals surface area contributed by atoms with E-state index >= 15 is 0 Å². The predicted octanol–water partition coefficient (Wildman–Crippen LogP) is 5.46. The molecule has 2 aromatic rings. The first-order chi connectivity index (χ1) is 19.3. The van der Waals surface area contributed by atoms with Crippen LogP contribution in [0.25, 0.3) is 0 Å². The largest absolute Gasteiger partial charge is 0.493 e. The van der Waals surface area contributed by atoms with Crippen LogP contribution in [0.5, 0.6) is 17.2 Å². The number of nitrogen functional groups attached to an aromatic ring is 1. The number of Topliss-reactive ketones (excluding diaryl/α,β-unsaturated/α-hetero) is 1. The maximum absolute atomic E-state index is 13.4. The number of nitrogens with two attached hydrogens (primary N) is 1. The number of ether oxygens (including phenoxy) is 5. The molecule has 1 aliphatic heterocycles. The summed E-state index contributed by atoms with van der Waals surface area (Å²) < 4.78 is 28.7. The highest BCUT2D eigenvalue weighted by molar-refractivity contribution is 6.01. The Morgan fingerprint density at radius 3 is 2.12 bits per heavy atom. The number of hydrogen-bond donors (Lipinski definition) is 1. The monoisotopic (exact) mass is 555 g/mol. The summed E-state index contributed by atoms with van der Waals surface area (Å²) in [6, 6.07) is 10.8. The number of carbonyl (C=O) groups is 3. The fourth-order valence-electron chi connectivity index (χ4n) is 4.73. The standard InChI is InChI=1S/C31H41NO8/c1-4-8-25-27(39-20-7-19-38-23-11-9-22(32)10-12-23)14-13-24-26(33)21-31(40-30(24)25,17-15-28(34)36-5-2)18-16-29(35)37-6-3/h9-14H,4-8,15-21,32H2,1-3H3. The highest BCUT2D eigenvalue weighted by Gasteiger charge is 2.42. The molecule has 0 amide bonds. The smallest absolute Gasteiger partial charge is 0.305 e. The first-order valence-electron chi connectivity index (χ1n) is 14.1. The summed E-state index contributed by atoms with van der Waals surface area (Å²) in [5, 5.41) is 0. The van der Waals surface area contributed by atoms with Crippen molar-refractivity contribution < 1.29 is 38.1 Å². The lowest BCUT2D eigenvalue weighted by Crippen LogP contribution is -2.43. The zero-order valence-corrected chi connectivity index (χ0v) is 23.8. The minimum atomic E-state index is -1.03. The van der Waals surface area contributed by atoms with Crippen LogP contribution in [0.15, 0.2) is 36.4 Å². The van der Waals surface area contributed by atoms with E-state index in [4.69, 9.17) is 29.4 Å². The van der Waals surface area contributed by atoms with Gasteiger partial charge in [-0.15, -0.1) is 0 Å². The van der Waals surface area contributed by atoms with Crippen molar-refractivity contribution in [1.82, 2.24) is 0 Å². The Hall–Kier alpha value is -3.75. The number of fused-ring (bicyclic) bond motifs is 1. The van der Waals surface area contributed by atoms with Crippen LogP contribution < -0.4 is 19.9 Å². The summed E-state index contributed by atoms with van der Waals surface area (Å²) in [5.74, 6) is 1.03. The Bertz CT molecular complexity index is 1120. The molecular formula is C31H41NO8. The second kappa shape index (κ2) is 15.1. The van der Waals surface area contributed by atoms with Crippen LogP contribution in [-0.2, 0) is 25.5 Å². The van der Waals surface area contributed by atoms with Gasteiger partial charge in [0.05, 0.1) is 38.4 Å². The SMILES string of the molecule is CCCc1c(OCCCOc2ccc(N)cc2)ccc2c1OC(CCC(=O)OCC)(CCC(=O)OCC)CC2=O. The van der Waals surface area contributed by atoms with E-state index in [0.29, 0.717) is 48.8 Å². The van der Waals surface area contributed by atoms with Crippen LogP contribution in [0, 0.1) is 0 Å². The summed E-state index contributed by atoms with van der Waals surface area (Å²) in [6.45, 7) is 6.95. The van der Waals surface area contributed by atoms with Gasteiger partial charge in [0.15, 0.2) is 5.78 Å². The van der Waals surface area contributed by atoms with Crippen LogP contribution >= 0.6 is 0 Å². The van der Waals surface area contributed by atoms with Crippen molar-refractivity contribution in [3.05, 3.63) is 47.5 Å². The number of carbonyl (C=O) groups excluding carboxylic acids is 3. The molecule has 0 aliphatic carbocycles. The summed E-state index contributed by atoms with van der Waals surface area (Å²) in [7, 11) is 0. The van der Waals surface area contributed by atoms with Gasteiger partial charge in [-0.25, -0.2) is 0 Å². The topological polar surface area (TPSA) is 123 Å². The van der Waals surface area contributed by atoms with E-state index in [-0.39, 0.29) is 63.0 Å². The molecule has 3 rings (SSSR count). The highest BCUT2D eigenvalue weighted by Crippen LogP contribution is 2.44. The van der Waals surface area contributed by atoms with Crippen molar-refractivity contribution >= 4 is 23.4 Å². The third kappa shape index (κ3) is 8.63. The van der Waals surface area contributed by atoms with Gasteiger partial charge in [0.1, 0.15) is 22.8 Å². The van der Waals surface area contributed by atoms with Crippen molar-refractivity contribution in [3.8, 4) is 17.2 Å². The summed E-state index contributed by atoms with van der Waals surface area (Å²) in [4.78, 5) is 37.8. The second-order valence-electron chi connectivity index (χ2n) is 9.78. The molecule has 0 saturated carbocycles. The molecule has 9 nitrogen and oxygen atoms in total. The number of esters is 2. The average Bonchev–Trinajstić information content (AvgIpc) is 2.93. The Kier molecular flexibility index (Phi) is 11.7. The van der Waals surface area contributed by atoms with Gasteiger partial charge in [-0.3, -0.25) is 14.4 Å². The van der Waals surface area contributed by atoms with Gasteiger partial charge in [0.2, 0.25) is 0 Å². The van der Waals surface area contributed by atoms with Gasteiger partial charge >= 0.3 is 11.9 Å². The van der Waals surface area contributed by atoms with Crippen molar-refractivity contribution in [2.45, 2.75) is 77.7 Å². The number of ketones is 1. The van der Waals surface area contributed by atoms with E-state index in [1.807, 2.05) is 25.1 Å². The Morgan fingerprint density at radius 1 is 0.900 bits per heavy atom. The molecule has 0 unspecified atom stereocenters. The summed E-state index contributed by atoms with van der Waals surface area (Å²) >= 11 is 0. The van der Waals surface area contributed by atoms with Gasteiger partial charge in [-0.05, 0) is 69.5 Å². The molecule has 9 heteroatoms. The summed E-state index contributed by atoms with van der Waals surface area (Å²) in [6.07, 6.45) is 2.80. The molecule has 2 aromatic carbocycles. The molecule has 0 atom stereocenters. The molecule has 40 heavy (non-hydrogen) atoms. The molecule has 1 aliphatic rings. The molecule has 0 fully saturated rings. The van der Waals surface area contributed by atoms with Gasteiger partial charge in [-0.1, -0.05) is 13.3 Å². The molecule has 0 spiro atoms. The quantitative estimate of drug-likeness (QED) is 0.163. The molecule has 218 valence electrons. The third-order valence-electron chi connectivity index (χ3n) is 6.69. The van der Waals surface area contributed by atoms with Crippen molar-refractivity contribution in [1.29, 1.82) is 0 Å². The van der Waals surface area contributed by atoms with Crippen molar-refractivity contribution in [3.63, 3.8) is 0 Å². The predicted molar refractivity (Wildman–Crippen MR) is 151 cm³/mol. The Labute approximate surface area is 236 Å². The van der Waals surface area contributed by atoms with E-state index in [2.05, 4.69) is 0 Å². The number of hydrogen-bond acceptors (Lipinski definition) is 9. The van der Waals surface area contributed by atoms with E-state index in [0.717, 1.165) is 17.7 Å². The molecular weight excluding hydrogens is 514 g/mol. The zero-order chi connectivity index (χ0) is 29.0. The molecule has 1 heterocycles. The van der Waals surface area contributed by atoms with E-state index in [9.17, 15) is 14.4 Å². The lowest BCUT2D eigenvalue weighted by molar-refractivity contribution is -0.145. The number of anilines is 1. The first-order valence-corrected chi connectivity index (χ1v) is 14.1. The van der Waals surface area contributed by atoms with Gasteiger partial charge in [-0.2, -0.15) is 0 Å². The zero-order valence-electron chi connectivity index (χ0n) is 23.8. The fourth-order valence-corrected chi connectivity index (χ4v) is 4.73. The average molecular weight is 556 g/mol. The van der Waals surface area contributed by atoms with Crippen molar-refractivity contribution in [2.24, 2.45) is 0 Å². The van der Waals surface area contributed by atoms with Gasteiger partial charge in [0, 0.05) is 30.5 Å². The van der Waals surface area contributed by atoms with Crippen LogP contribution in [0.2, 0.25) is 0 Å². The van der Waals surface area contributed by atoms with Gasteiger partial charge < -0.3 is 29.4 Å². The van der Waals surface area contributed by atoms with Gasteiger partial charge in [0.25, 0.3) is 0 Å². The number of rotatable bonds is 16. The summed E-state index contributed by atoms with van der Waals surface area (Å²) in [5.41, 5.74) is 6.67. The molecule has 0 radical (unpaired) electrons. The minimum absolute atomic E-state index is 0.0626. The lowest BCUT2D eigenvalue weighted by Gasteiger charge is -2.39. The number of benzene rings is 2. The Morgan fingerprint density at radius 2 is 1.52 bits per heavy atom. The maximum Gasteiger partial charge on any atom is 0.305 e. The fraction of sp³-hybridized carbons (Fsp3) is 0.516. The highest BCUT2D eigenvalue weighted by atomic mass is 16.5. The lowest BCUT2D eigenvalue weighted by atomic mass is 9.82. The molecule has 0 saturated heterocycles. The van der Waals surface area contributed by atoms with E-state index in [1.54, 1.807) is 32.0 Å². The normalized spacial score (nSPS) is 13.6. The molecule has 2 N–H and O–H groups in total. The second-order valence-corrected chi connectivity index (χ2v) is 9.78. The van der Waals surface area contributed by atoms with Crippen LogP contribution in [-0.4, -0.2) is 49.8 Å². The minimum Gasteiger partial charge on any atom is -0.493 e. The first kappa shape index (κ1) is 30.8. The van der Waals surface area contributed by atoms with E-state index in [1.165, 1.54) is 0 Å². The van der Waals surface area contributed by atoms with Crippen molar-refractivity contribution in [2.75, 3.05) is 32.2 Å². The third-order valence-corrected chi connectivity index (χ3v) is 6.69. The van der Waals surface area contributed by atoms with Crippen LogP contribution in [0.3, 0.4) is 0 Å². The molecule has 0 bridgehead atoms. The van der Waals surface area contributed by atoms with Crippen LogP contribution in [0.4, 0.5) is 5.69 Å². The Balaban J connectivity index is 1.77. The maximum atomic E-state index is 13.4. The molecule has 0 aromatic heterocycles.